The van der Waals surface area contributed by atoms with Crippen LogP contribution in [0.3, 0.4) is 0 Å². The van der Waals surface area contributed by atoms with Gasteiger partial charge in [0.25, 0.3) is 0 Å². The zero-order valence-electron chi connectivity index (χ0n) is 16.4. The monoisotopic (exact) mass is 427 g/mol. The minimum Gasteiger partial charge on any atom is -0.325 e. The summed E-state index contributed by atoms with van der Waals surface area (Å²) in [6, 6.07) is 13.3. The number of aryl methyl sites for hydroxylation is 3. The van der Waals surface area contributed by atoms with Crippen LogP contribution in [0.1, 0.15) is 35.5 Å². The van der Waals surface area contributed by atoms with Crippen molar-refractivity contribution in [1.29, 1.82) is 0 Å². The molecule has 2 N–H and O–H groups in total. The molecule has 29 heavy (non-hydrogen) atoms. The summed E-state index contributed by atoms with van der Waals surface area (Å²) in [5, 5.41) is 12.5. The van der Waals surface area contributed by atoms with Gasteiger partial charge in [0.05, 0.1) is 6.04 Å². The third kappa shape index (κ3) is 3.97. The molecular formula is C21H22ClN5OS. The Morgan fingerprint density at radius 3 is 2.69 bits per heavy atom. The lowest BCUT2D eigenvalue weighted by molar-refractivity contribution is -0.116. The summed E-state index contributed by atoms with van der Waals surface area (Å²) >= 11 is 7.49. The van der Waals surface area contributed by atoms with Crippen LogP contribution in [0.5, 0.6) is 0 Å². The molecule has 150 valence electrons. The number of fused-ring (bicyclic) bond motifs is 1. The molecule has 0 unspecified atom stereocenters. The molecule has 6 nitrogen and oxygen atoms in total. The fraction of sp³-hybridized carbons (Fsp3) is 0.286. The Morgan fingerprint density at radius 1 is 1.21 bits per heavy atom. The van der Waals surface area contributed by atoms with Crippen LogP contribution in [0.2, 0.25) is 5.02 Å². The molecule has 2 atom stereocenters. The minimum atomic E-state index is -0.419. The summed E-state index contributed by atoms with van der Waals surface area (Å²) in [7, 11) is 0. The molecule has 3 aromatic rings. The van der Waals surface area contributed by atoms with Gasteiger partial charge in [0.15, 0.2) is 5.82 Å². The summed E-state index contributed by atoms with van der Waals surface area (Å²) in [5.41, 5.74) is 7.37. The Kier molecular flexibility index (Phi) is 5.52. The van der Waals surface area contributed by atoms with E-state index >= 15 is 0 Å². The first-order chi connectivity index (χ1) is 14.0. The van der Waals surface area contributed by atoms with Crippen LogP contribution in [0.4, 0.5) is 5.69 Å². The van der Waals surface area contributed by atoms with Crippen molar-refractivity contribution in [1.82, 2.24) is 14.9 Å². The van der Waals surface area contributed by atoms with Crippen LogP contribution in [-0.4, -0.2) is 26.0 Å². The SMILES string of the molecule is CCc1nnc2n1N[C@H](c1ccc(Cl)cc1)[C@H](C(=O)Nc1cc(C)ccc1C)S2. The average Bonchev–Trinajstić information content (AvgIpc) is 3.12. The van der Waals surface area contributed by atoms with Crippen LogP contribution in [-0.2, 0) is 11.2 Å². The molecule has 0 radical (unpaired) electrons. The molecule has 8 heteroatoms. The molecule has 0 fully saturated rings. The van der Waals surface area contributed by atoms with Gasteiger partial charge < -0.3 is 10.7 Å². The molecule has 0 bridgehead atoms. The molecule has 0 aliphatic carbocycles. The maximum absolute atomic E-state index is 13.3. The second-order valence-corrected chi connectivity index (χ2v) is 8.64. The van der Waals surface area contributed by atoms with Crippen molar-refractivity contribution in [2.45, 2.75) is 43.6 Å². The number of aromatic nitrogens is 3. The number of rotatable bonds is 4. The number of hydrogen-bond acceptors (Lipinski definition) is 5. The van der Waals surface area contributed by atoms with Gasteiger partial charge >= 0.3 is 0 Å². The fourth-order valence-corrected chi connectivity index (χ4v) is 4.55. The normalized spacial score (nSPS) is 18.1. The van der Waals surface area contributed by atoms with Gasteiger partial charge in [-0.2, -0.15) is 0 Å². The van der Waals surface area contributed by atoms with Crippen molar-refractivity contribution in [2.75, 3.05) is 10.7 Å². The summed E-state index contributed by atoms with van der Waals surface area (Å²) in [4.78, 5) is 13.3. The molecule has 2 heterocycles. The van der Waals surface area contributed by atoms with E-state index in [1.807, 2.05) is 67.9 Å². The van der Waals surface area contributed by atoms with Crippen molar-refractivity contribution in [3.05, 3.63) is 70.0 Å². The topological polar surface area (TPSA) is 71.8 Å². The molecule has 0 saturated heterocycles. The van der Waals surface area contributed by atoms with Gasteiger partial charge in [0.1, 0.15) is 5.25 Å². The first kappa shape index (κ1) is 19.8. The number of thioether (sulfide) groups is 1. The van der Waals surface area contributed by atoms with Crippen LogP contribution in [0.15, 0.2) is 47.6 Å². The van der Waals surface area contributed by atoms with Gasteiger partial charge in [0, 0.05) is 17.1 Å². The van der Waals surface area contributed by atoms with Crippen LogP contribution < -0.4 is 10.7 Å². The lowest BCUT2D eigenvalue weighted by Crippen LogP contribution is -2.41. The average molecular weight is 428 g/mol. The number of carbonyl (C=O) groups is 1. The lowest BCUT2D eigenvalue weighted by atomic mass is 10.0. The van der Waals surface area contributed by atoms with Crippen molar-refractivity contribution in [2.24, 2.45) is 0 Å². The molecule has 4 rings (SSSR count). The smallest absolute Gasteiger partial charge is 0.240 e. The highest BCUT2D eigenvalue weighted by Crippen LogP contribution is 2.38. The van der Waals surface area contributed by atoms with Crippen molar-refractivity contribution < 1.29 is 4.79 Å². The molecule has 1 aliphatic heterocycles. The fourth-order valence-electron chi connectivity index (χ4n) is 3.32. The van der Waals surface area contributed by atoms with E-state index in [0.29, 0.717) is 10.2 Å². The predicted octanol–water partition coefficient (Wildman–Crippen LogP) is 4.51. The highest BCUT2D eigenvalue weighted by Gasteiger charge is 2.37. The maximum atomic E-state index is 13.3. The quantitative estimate of drug-likeness (QED) is 0.641. The minimum absolute atomic E-state index is 0.0801. The number of carbonyl (C=O) groups excluding carboxylic acids is 1. The second-order valence-electron chi connectivity index (χ2n) is 7.09. The van der Waals surface area contributed by atoms with E-state index in [-0.39, 0.29) is 11.9 Å². The highest BCUT2D eigenvalue weighted by molar-refractivity contribution is 8.00. The van der Waals surface area contributed by atoms with E-state index in [4.69, 9.17) is 11.6 Å². The molecular weight excluding hydrogens is 406 g/mol. The van der Waals surface area contributed by atoms with E-state index in [1.165, 1.54) is 11.8 Å². The zero-order valence-corrected chi connectivity index (χ0v) is 18.0. The molecule has 0 saturated carbocycles. The van der Waals surface area contributed by atoms with Gasteiger partial charge in [-0.15, -0.1) is 10.2 Å². The Bertz CT molecular complexity index is 1050. The van der Waals surface area contributed by atoms with E-state index in [0.717, 1.165) is 34.6 Å². The molecule has 1 aliphatic rings. The Morgan fingerprint density at radius 2 is 1.97 bits per heavy atom. The van der Waals surface area contributed by atoms with Crippen LogP contribution >= 0.6 is 23.4 Å². The molecule has 1 amide bonds. The summed E-state index contributed by atoms with van der Waals surface area (Å²) in [6.45, 7) is 6.03. The number of halogens is 1. The predicted molar refractivity (Wildman–Crippen MR) is 117 cm³/mol. The Balaban J connectivity index is 1.68. The highest BCUT2D eigenvalue weighted by atomic mass is 35.5. The molecule has 0 spiro atoms. The van der Waals surface area contributed by atoms with E-state index in [1.54, 1.807) is 0 Å². The summed E-state index contributed by atoms with van der Waals surface area (Å²) in [5.74, 6) is 0.753. The van der Waals surface area contributed by atoms with Crippen LogP contribution in [0.25, 0.3) is 0 Å². The van der Waals surface area contributed by atoms with Gasteiger partial charge in [-0.1, -0.05) is 54.6 Å². The lowest BCUT2D eigenvalue weighted by Gasteiger charge is -2.33. The van der Waals surface area contributed by atoms with Gasteiger partial charge in [0.2, 0.25) is 11.1 Å². The van der Waals surface area contributed by atoms with Gasteiger partial charge in [-0.3, -0.25) is 4.79 Å². The van der Waals surface area contributed by atoms with E-state index in [2.05, 4.69) is 20.9 Å². The third-order valence-electron chi connectivity index (χ3n) is 4.96. The van der Waals surface area contributed by atoms with E-state index in [9.17, 15) is 4.79 Å². The number of hydrogen-bond donors (Lipinski definition) is 2. The number of nitrogens with one attached hydrogen (secondary N) is 2. The van der Waals surface area contributed by atoms with E-state index < -0.39 is 5.25 Å². The van der Waals surface area contributed by atoms with Gasteiger partial charge in [-0.25, -0.2) is 4.68 Å². The Hall–Kier alpha value is -2.51. The zero-order chi connectivity index (χ0) is 20.5. The van der Waals surface area contributed by atoms with Crippen LogP contribution in [0, 0.1) is 13.8 Å². The first-order valence-corrected chi connectivity index (χ1v) is 10.7. The molecule has 1 aromatic heterocycles. The second kappa shape index (κ2) is 8.08. The van der Waals surface area contributed by atoms with Crippen molar-refractivity contribution in [3.8, 4) is 0 Å². The number of anilines is 1. The first-order valence-electron chi connectivity index (χ1n) is 9.47. The Labute approximate surface area is 179 Å². The van der Waals surface area contributed by atoms with Gasteiger partial charge in [-0.05, 0) is 48.7 Å². The number of nitrogens with zero attached hydrogens (tertiary/aromatic N) is 3. The third-order valence-corrected chi connectivity index (χ3v) is 6.43. The summed E-state index contributed by atoms with van der Waals surface area (Å²) < 4.78 is 1.88. The standard InChI is InChI=1S/C21H22ClN5OS/c1-4-17-24-25-21-27(17)26-18(14-7-9-15(22)10-8-14)19(29-21)20(28)23-16-11-12(2)5-6-13(16)3/h5-11,18-19,26H,4H2,1-3H3,(H,23,28)/t18-,19-/m1/s1. The summed E-state index contributed by atoms with van der Waals surface area (Å²) in [6.07, 6.45) is 0.743. The van der Waals surface area contributed by atoms with Crippen molar-refractivity contribution in [3.63, 3.8) is 0 Å². The molecule has 2 aromatic carbocycles. The largest absolute Gasteiger partial charge is 0.325 e. The number of amides is 1. The maximum Gasteiger partial charge on any atom is 0.240 e. The van der Waals surface area contributed by atoms with Crippen molar-refractivity contribution >= 4 is 35.0 Å². The number of benzene rings is 2.